The van der Waals surface area contributed by atoms with E-state index < -0.39 is 0 Å². The van der Waals surface area contributed by atoms with Crippen LogP contribution >= 0.6 is 0 Å². The third-order valence-corrected chi connectivity index (χ3v) is 5.96. The highest BCUT2D eigenvalue weighted by Crippen LogP contribution is 2.32. The van der Waals surface area contributed by atoms with Gasteiger partial charge in [0.1, 0.15) is 5.58 Å². The van der Waals surface area contributed by atoms with E-state index in [1.807, 2.05) is 48.2 Å². The molecule has 0 bridgehead atoms. The quantitative estimate of drug-likeness (QED) is 0.461. The molecule has 1 aliphatic rings. The van der Waals surface area contributed by atoms with Crippen LogP contribution in [0.5, 0.6) is 0 Å². The number of fused-ring (bicyclic) bond motifs is 1. The molecule has 0 aliphatic carbocycles. The van der Waals surface area contributed by atoms with Gasteiger partial charge in [0.15, 0.2) is 0 Å². The van der Waals surface area contributed by atoms with E-state index >= 15 is 0 Å². The molecule has 1 saturated heterocycles. The minimum absolute atomic E-state index is 0.0706. The number of carbonyl (C=O) groups is 2. The summed E-state index contributed by atoms with van der Waals surface area (Å²) in [5.74, 6) is 0.286. The Morgan fingerprint density at radius 3 is 2.47 bits per heavy atom. The Labute approximate surface area is 187 Å². The van der Waals surface area contributed by atoms with Crippen LogP contribution in [0, 0.1) is 6.92 Å². The predicted octanol–water partition coefficient (Wildman–Crippen LogP) is 4.98. The summed E-state index contributed by atoms with van der Waals surface area (Å²) < 4.78 is 5.52. The fourth-order valence-corrected chi connectivity index (χ4v) is 4.24. The van der Waals surface area contributed by atoms with E-state index in [2.05, 4.69) is 13.0 Å². The van der Waals surface area contributed by atoms with E-state index in [-0.39, 0.29) is 23.9 Å². The first kappa shape index (κ1) is 23.3. The summed E-state index contributed by atoms with van der Waals surface area (Å²) in [6.45, 7) is 5.60. The van der Waals surface area contributed by atoms with Gasteiger partial charge in [-0.2, -0.15) is 0 Å². The molecule has 0 radical (unpaired) electrons. The van der Waals surface area contributed by atoms with Gasteiger partial charge in [0.2, 0.25) is 5.91 Å². The van der Waals surface area contributed by atoms with Crippen molar-refractivity contribution in [1.29, 1.82) is 0 Å². The van der Waals surface area contributed by atoms with Crippen LogP contribution in [0.2, 0.25) is 0 Å². The number of rotatable bonds is 4. The Morgan fingerprint density at radius 2 is 1.78 bits per heavy atom. The lowest BCUT2D eigenvalue weighted by Crippen LogP contribution is -2.36. The zero-order valence-electron chi connectivity index (χ0n) is 18.5. The summed E-state index contributed by atoms with van der Waals surface area (Å²) in [6.07, 6.45) is 3.89. The lowest BCUT2D eigenvalue weighted by Gasteiger charge is -2.28. The highest BCUT2D eigenvalue weighted by atomic mass is 16.4. The van der Waals surface area contributed by atoms with Gasteiger partial charge in [-0.1, -0.05) is 43.3 Å². The second-order valence-corrected chi connectivity index (χ2v) is 8.20. The van der Waals surface area contributed by atoms with Gasteiger partial charge in [-0.05, 0) is 54.9 Å². The van der Waals surface area contributed by atoms with Crippen LogP contribution in [0.4, 0.5) is 0 Å². The SMILES string of the molecule is Cc1ccccc1-c1cc(=O)oc2cc(C(C)CC(=O)N3CCCCC3)ccc12.O=CO. The van der Waals surface area contributed by atoms with Crippen LogP contribution in [0.1, 0.15) is 49.7 Å². The number of hydrogen-bond acceptors (Lipinski definition) is 4. The minimum atomic E-state index is -0.357. The molecule has 0 spiro atoms. The molecular formula is C26H29NO5. The number of amides is 1. The summed E-state index contributed by atoms with van der Waals surface area (Å²) in [4.78, 5) is 35.2. The van der Waals surface area contributed by atoms with E-state index in [4.69, 9.17) is 14.3 Å². The van der Waals surface area contributed by atoms with Crippen LogP contribution in [-0.4, -0.2) is 35.5 Å². The predicted molar refractivity (Wildman–Crippen MR) is 125 cm³/mol. The molecular weight excluding hydrogens is 406 g/mol. The maximum Gasteiger partial charge on any atom is 0.336 e. The highest BCUT2D eigenvalue weighted by Gasteiger charge is 2.20. The van der Waals surface area contributed by atoms with Gasteiger partial charge in [-0.25, -0.2) is 4.79 Å². The fourth-order valence-electron chi connectivity index (χ4n) is 4.24. The lowest BCUT2D eigenvalue weighted by atomic mass is 9.93. The number of carbonyl (C=O) groups excluding carboxylic acids is 1. The minimum Gasteiger partial charge on any atom is -0.483 e. The van der Waals surface area contributed by atoms with E-state index in [1.165, 1.54) is 6.42 Å². The van der Waals surface area contributed by atoms with E-state index in [0.717, 1.165) is 53.6 Å². The topological polar surface area (TPSA) is 87.8 Å². The molecule has 1 N–H and O–H groups in total. The average Bonchev–Trinajstić information content (AvgIpc) is 2.79. The molecule has 4 rings (SSSR count). The maximum absolute atomic E-state index is 12.6. The zero-order valence-corrected chi connectivity index (χ0v) is 18.5. The summed E-state index contributed by atoms with van der Waals surface area (Å²) >= 11 is 0. The zero-order chi connectivity index (χ0) is 23.1. The lowest BCUT2D eigenvalue weighted by molar-refractivity contribution is -0.132. The third-order valence-electron chi connectivity index (χ3n) is 5.96. The first-order valence-electron chi connectivity index (χ1n) is 10.9. The van der Waals surface area contributed by atoms with E-state index in [1.54, 1.807) is 6.07 Å². The fraction of sp³-hybridized carbons (Fsp3) is 0.346. The third kappa shape index (κ3) is 5.44. The van der Waals surface area contributed by atoms with Gasteiger partial charge < -0.3 is 14.4 Å². The highest BCUT2D eigenvalue weighted by molar-refractivity contribution is 5.94. The summed E-state index contributed by atoms with van der Waals surface area (Å²) in [5, 5.41) is 7.80. The first-order chi connectivity index (χ1) is 15.4. The Balaban J connectivity index is 0.000000913. The van der Waals surface area contributed by atoms with Crippen LogP contribution in [-0.2, 0) is 9.59 Å². The molecule has 1 aromatic heterocycles. The summed E-state index contributed by atoms with van der Waals surface area (Å²) in [5.41, 5.74) is 4.27. The molecule has 6 heteroatoms. The van der Waals surface area contributed by atoms with Crippen molar-refractivity contribution in [2.45, 2.75) is 45.4 Å². The Kier molecular flexibility index (Phi) is 7.82. The van der Waals surface area contributed by atoms with Gasteiger partial charge >= 0.3 is 5.63 Å². The Hall–Kier alpha value is -3.41. The van der Waals surface area contributed by atoms with Gasteiger partial charge in [0.25, 0.3) is 6.47 Å². The molecule has 1 unspecified atom stereocenters. The number of likely N-dealkylation sites (tertiary alicyclic amines) is 1. The summed E-state index contributed by atoms with van der Waals surface area (Å²) in [7, 11) is 0. The van der Waals surface area contributed by atoms with Crippen molar-refractivity contribution in [3.05, 3.63) is 70.1 Å². The Bertz CT molecular complexity index is 1140. The van der Waals surface area contributed by atoms with Crippen LogP contribution in [0.15, 0.2) is 57.7 Å². The molecule has 6 nitrogen and oxygen atoms in total. The monoisotopic (exact) mass is 435 g/mol. The standard InChI is InChI=1S/C25H27NO3.CH2O2/c1-17-8-4-5-9-20(17)22-16-25(28)29-23-15-19(10-11-21(22)23)18(2)14-24(27)26-12-6-3-7-13-26;2-1-3/h4-5,8-11,15-16,18H,3,6-7,12-14H2,1-2H3;1H,(H,2,3). The number of hydrogen-bond donors (Lipinski definition) is 1. The molecule has 2 aromatic carbocycles. The van der Waals surface area contributed by atoms with E-state index in [9.17, 15) is 9.59 Å². The first-order valence-corrected chi connectivity index (χ1v) is 10.9. The van der Waals surface area contributed by atoms with Crippen LogP contribution in [0.3, 0.4) is 0 Å². The number of benzene rings is 2. The molecule has 2 heterocycles. The number of nitrogens with zero attached hydrogens (tertiary/aromatic N) is 1. The molecule has 1 amide bonds. The average molecular weight is 436 g/mol. The molecule has 168 valence electrons. The number of carboxylic acid groups (broad SMARTS) is 1. The maximum atomic E-state index is 12.6. The van der Waals surface area contributed by atoms with Gasteiger partial charge in [0, 0.05) is 36.5 Å². The second-order valence-electron chi connectivity index (χ2n) is 8.20. The van der Waals surface area contributed by atoms with Crippen molar-refractivity contribution in [1.82, 2.24) is 4.90 Å². The van der Waals surface area contributed by atoms with Crippen LogP contribution < -0.4 is 5.63 Å². The van der Waals surface area contributed by atoms with Crippen molar-refractivity contribution in [3.8, 4) is 11.1 Å². The van der Waals surface area contributed by atoms with Crippen LogP contribution in [0.25, 0.3) is 22.1 Å². The van der Waals surface area contributed by atoms with Crippen molar-refractivity contribution >= 4 is 23.3 Å². The molecule has 32 heavy (non-hydrogen) atoms. The second kappa shape index (κ2) is 10.8. The molecule has 1 atom stereocenters. The van der Waals surface area contributed by atoms with E-state index in [0.29, 0.717) is 12.0 Å². The largest absolute Gasteiger partial charge is 0.483 e. The Morgan fingerprint density at radius 1 is 1.09 bits per heavy atom. The molecule has 0 saturated carbocycles. The van der Waals surface area contributed by atoms with Crippen molar-refractivity contribution in [2.75, 3.05) is 13.1 Å². The smallest absolute Gasteiger partial charge is 0.336 e. The molecule has 1 aliphatic heterocycles. The number of aryl methyl sites for hydroxylation is 1. The molecule has 3 aromatic rings. The normalized spacial score (nSPS) is 14.4. The van der Waals surface area contributed by atoms with Crippen molar-refractivity contribution in [2.24, 2.45) is 0 Å². The van der Waals surface area contributed by atoms with Gasteiger partial charge in [0.05, 0.1) is 0 Å². The number of piperidine rings is 1. The van der Waals surface area contributed by atoms with Gasteiger partial charge in [-0.3, -0.25) is 9.59 Å². The summed E-state index contributed by atoms with van der Waals surface area (Å²) in [6, 6.07) is 15.6. The van der Waals surface area contributed by atoms with Crippen molar-refractivity contribution in [3.63, 3.8) is 0 Å². The van der Waals surface area contributed by atoms with Gasteiger partial charge in [-0.15, -0.1) is 0 Å². The molecule has 1 fully saturated rings. The van der Waals surface area contributed by atoms with Crippen molar-refractivity contribution < 1.29 is 19.1 Å².